The largest absolute Gasteiger partial charge is 0.345 e. The number of pyridine rings is 1. The first-order chi connectivity index (χ1) is 14.6. The van der Waals surface area contributed by atoms with Crippen LogP contribution in [0.1, 0.15) is 51.0 Å². The van der Waals surface area contributed by atoms with Crippen molar-refractivity contribution in [1.82, 2.24) is 25.3 Å². The highest BCUT2D eigenvalue weighted by Gasteiger charge is 2.12. The number of aryl methyl sites for hydroxylation is 4. The van der Waals surface area contributed by atoms with E-state index in [2.05, 4.69) is 31.3 Å². The van der Waals surface area contributed by atoms with Gasteiger partial charge in [0, 0.05) is 18.0 Å². The van der Waals surface area contributed by atoms with Crippen LogP contribution in [-0.4, -0.2) is 25.8 Å². The molecule has 1 amide bonds. The Bertz CT molecular complexity index is 1130. The van der Waals surface area contributed by atoms with Gasteiger partial charge in [-0.15, -0.1) is 11.3 Å². The molecule has 0 fully saturated rings. The lowest BCUT2D eigenvalue weighted by Gasteiger charge is -2.06. The van der Waals surface area contributed by atoms with Gasteiger partial charge in [0.05, 0.1) is 28.3 Å². The summed E-state index contributed by atoms with van der Waals surface area (Å²) in [6.07, 6.45) is 5.64. The summed E-state index contributed by atoms with van der Waals surface area (Å²) in [5, 5.41) is 5.75. The zero-order valence-electron chi connectivity index (χ0n) is 17.2. The molecule has 3 heterocycles. The Morgan fingerprint density at radius 3 is 2.80 bits per heavy atom. The van der Waals surface area contributed by atoms with Crippen molar-refractivity contribution in [1.29, 1.82) is 0 Å². The molecule has 0 aliphatic rings. The number of hydrogen-bond donors (Lipinski definition) is 2. The van der Waals surface area contributed by atoms with Crippen molar-refractivity contribution >= 4 is 28.3 Å². The van der Waals surface area contributed by atoms with Crippen LogP contribution in [0.2, 0.25) is 0 Å². The highest BCUT2D eigenvalue weighted by molar-refractivity contribution is 7.09. The normalized spacial score (nSPS) is 11.1. The van der Waals surface area contributed by atoms with Gasteiger partial charge in [-0.1, -0.05) is 18.2 Å². The van der Waals surface area contributed by atoms with Crippen LogP contribution in [0.25, 0.3) is 11.0 Å². The summed E-state index contributed by atoms with van der Waals surface area (Å²) in [7, 11) is 0. The SMILES string of the molecule is Cc1cnc(CNC(=O)c2csc(CCCCc3nc4ccccc4[nH]3)n2)c(C)c1. The third-order valence-corrected chi connectivity index (χ3v) is 5.93. The van der Waals surface area contributed by atoms with Gasteiger partial charge in [0.25, 0.3) is 5.91 Å². The van der Waals surface area contributed by atoms with Crippen molar-refractivity contribution in [3.8, 4) is 0 Å². The molecule has 0 saturated heterocycles. The molecule has 0 unspecified atom stereocenters. The molecule has 2 N–H and O–H groups in total. The van der Waals surface area contributed by atoms with Crippen molar-refractivity contribution < 1.29 is 4.79 Å². The number of nitrogens with one attached hydrogen (secondary N) is 2. The molecule has 1 aromatic carbocycles. The summed E-state index contributed by atoms with van der Waals surface area (Å²) < 4.78 is 0. The first-order valence-electron chi connectivity index (χ1n) is 10.2. The molecule has 0 spiro atoms. The van der Waals surface area contributed by atoms with Crippen molar-refractivity contribution in [3.63, 3.8) is 0 Å². The molecule has 30 heavy (non-hydrogen) atoms. The van der Waals surface area contributed by atoms with Gasteiger partial charge in [-0.3, -0.25) is 9.78 Å². The number of amides is 1. The van der Waals surface area contributed by atoms with Crippen LogP contribution < -0.4 is 5.32 Å². The zero-order valence-corrected chi connectivity index (χ0v) is 18.1. The molecule has 0 saturated carbocycles. The highest BCUT2D eigenvalue weighted by Crippen LogP contribution is 2.16. The molecule has 4 aromatic rings. The average molecular weight is 420 g/mol. The number of aromatic nitrogens is 4. The second kappa shape index (κ2) is 9.17. The van der Waals surface area contributed by atoms with Crippen LogP contribution in [0, 0.1) is 13.8 Å². The van der Waals surface area contributed by atoms with Crippen molar-refractivity contribution in [2.45, 2.75) is 46.1 Å². The molecular formula is C23H25N5OS. The molecule has 0 atom stereocenters. The number of benzene rings is 1. The number of rotatable bonds is 8. The Balaban J connectivity index is 1.23. The minimum atomic E-state index is -0.151. The monoisotopic (exact) mass is 419 g/mol. The Kier molecular flexibility index (Phi) is 6.18. The number of carbonyl (C=O) groups excluding carboxylic acids is 1. The number of H-pyrrole nitrogens is 1. The minimum Gasteiger partial charge on any atom is -0.345 e. The van der Waals surface area contributed by atoms with Crippen LogP contribution in [-0.2, 0) is 19.4 Å². The van der Waals surface area contributed by atoms with Crippen LogP contribution in [0.4, 0.5) is 0 Å². The first kappa shape index (κ1) is 20.2. The number of unbranched alkanes of at least 4 members (excludes halogenated alkanes) is 1. The Hall–Kier alpha value is -3.06. The number of aromatic amines is 1. The second-order valence-electron chi connectivity index (χ2n) is 7.49. The molecule has 7 heteroatoms. The molecule has 0 radical (unpaired) electrons. The third kappa shape index (κ3) is 4.91. The van der Waals surface area contributed by atoms with E-state index < -0.39 is 0 Å². The molecule has 0 bridgehead atoms. The predicted molar refractivity (Wildman–Crippen MR) is 120 cm³/mol. The number of hydrogen-bond acceptors (Lipinski definition) is 5. The molecule has 0 aliphatic heterocycles. The molecule has 154 valence electrons. The van der Waals surface area contributed by atoms with Gasteiger partial charge in [-0.05, 0) is 56.4 Å². The molecule has 3 aromatic heterocycles. The van der Waals surface area contributed by atoms with Crippen molar-refractivity contribution in [2.75, 3.05) is 0 Å². The summed E-state index contributed by atoms with van der Waals surface area (Å²) in [6.45, 7) is 4.43. The van der Waals surface area contributed by atoms with E-state index in [1.54, 1.807) is 11.3 Å². The predicted octanol–water partition coefficient (Wildman–Crippen LogP) is 4.53. The van der Waals surface area contributed by atoms with Gasteiger partial charge >= 0.3 is 0 Å². The van der Waals surface area contributed by atoms with Crippen LogP contribution in [0.3, 0.4) is 0 Å². The lowest BCUT2D eigenvalue weighted by Crippen LogP contribution is -2.24. The Morgan fingerprint density at radius 1 is 1.13 bits per heavy atom. The lowest BCUT2D eigenvalue weighted by molar-refractivity contribution is 0.0946. The first-order valence-corrected chi connectivity index (χ1v) is 11.0. The van der Waals surface area contributed by atoms with Crippen LogP contribution >= 0.6 is 11.3 Å². The van der Waals surface area contributed by atoms with Crippen molar-refractivity contribution in [2.24, 2.45) is 0 Å². The van der Waals surface area contributed by atoms with Gasteiger partial charge < -0.3 is 10.3 Å². The Labute approximate surface area is 179 Å². The number of thiazole rings is 1. The van der Waals surface area contributed by atoms with E-state index in [9.17, 15) is 4.79 Å². The fraction of sp³-hybridized carbons (Fsp3) is 0.304. The molecule has 6 nitrogen and oxygen atoms in total. The van der Waals surface area contributed by atoms with E-state index in [-0.39, 0.29) is 5.91 Å². The quantitative estimate of drug-likeness (QED) is 0.411. The summed E-state index contributed by atoms with van der Waals surface area (Å²) in [5.74, 6) is 0.872. The standard InChI is InChI=1S/C23H25N5OS/c1-15-11-16(2)19(24-12-15)13-25-23(29)20-14-30-22(28-20)10-6-5-9-21-26-17-7-3-4-8-18(17)27-21/h3-4,7-8,11-12,14H,5-6,9-10,13H2,1-2H3,(H,25,29)(H,26,27). The van der Waals surface area contributed by atoms with Gasteiger partial charge in [-0.25, -0.2) is 9.97 Å². The number of carbonyl (C=O) groups is 1. The number of fused-ring (bicyclic) bond motifs is 1. The van der Waals surface area contributed by atoms with E-state index in [0.717, 1.165) is 64.4 Å². The number of para-hydroxylation sites is 2. The summed E-state index contributed by atoms with van der Waals surface area (Å²) in [6, 6.07) is 10.2. The van der Waals surface area contributed by atoms with Gasteiger partial charge in [0.15, 0.2) is 0 Å². The molecular weight excluding hydrogens is 394 g/mol. The maximum Gasteiger partial charge on any atom is 0.271 e. The van der Waals surface area contributed by atoms with Gasteiger partial charge in [0.2, 0.25) is 0 Å². The van der Waals surface area contributed by atoms with E-state index in [0.29, 0.717) is 12.2 Å². The highest BCUT2D eigenvalue weighted by atomic mass is 32.1. The van der Waals surface area contributed by atoms with Gasteiger partial charge in [0.1, 0.15) is 11.5 Å². The zero-order chi connectivity index (χ0) is 20.9. The number of imidazole rings is 1. The van der Waals surface area contributed by atoms with Gasteiger partial charge in [-0.2, -0.15) is 0 Å². The third-order valence-electron chi connectivity index (χ3n) is 5.02. The maximum atomic E-state index is 12.4. The van der Waals surface area contributed by atoms with E-state index in [1.807, 2.05) is 49.7 Å². The minimum absolute atomic E-state index is 0.151. The summed E-state index contributed by atoms with van der Waals surface area (Å²) in [4.78, 5) is 29.3. The number of nitrogens with zero attached hydrogens (tertiary/aromatic N) is 3. The molecule has 0 aliphatic carbocycles. The second-order valence-corrected chi connectivity index (χ2v) is 8.44. The summed E-state index contributed by atoms with van der Waals surface area (Å²) in [5.41, 5.74) is 5.66. The smallest absolute Gasteiger partial charge is 0.271 e. The van der Waals surface area contributed by atoms with Crippen molar-refractivity contribution in [3.05, 3.63) is 75.3 Å². The van der Waals surface area contributed by atoms with E-state index in [1.165, 1.54) is 0 Å². The topological polar surface area (TPSA) is 83.6 Å². The average Bonchev–Trinajstić information content (AvgIpc) is 3.37. The fourth-order valence-corrected chi connectivity index (χ4v) is 4.23. The van der Waals surface area contributed by atoms with E-state index >= 15 is 0 Å². The van der Waals surface area contributed by atoms with E-state index in [4.69, 9.17) is 0 Å². The summed E-state index contributed by atoms with van der Waals surface area (Å²) >= 11 is 1.54. The van der Waals surface area contributed by atoms with Crippen LogP contribution in [0.15, 0.2) is 41.9 Å². The van der Waals surface area contributed by atoms with Crippen LogP contribution in [0.5, 0.6) is 0 Å². The molecule has 4 rings (SSSR count). The Morgan fingerprint density at radius 2 is 1.97 bits per heavy atom. The fourth-order valence-electron chi connectivity index (χ4n) is 3.41. The maximum absolute atomic E-state index is 12.4. The lowest BCUT2D eigenvalue weighted by atomic mass is 10.1.